The third-order valence-corrected chi connectivity index (χ3v) is 4.71. The van der Waals surface area contributed by atoms with Crippen LogP contribution in [0.15, 0.2) is 42.6 Å². The maximum atomic E-state index is 12.4. The monoisotopic (exact) mass is 399 g/mol. The first kappa shape index (κ1) is 22.0. The minimum Gasteiger partial charge on any atom is -0.483 e. The lowest BCUT2D eigenvalue weighted by molar-refractivity contribution is -0.142. The summed E-state index contributed by atoms with van der Waals surface area (Å²) in [6.45, 7) is 1.17. The number of carboxylic acid groups (broad SMARTS) is 2. The van der Waals surface area contributed by atoms with E-state index in [0.29, 0.717) is 24.2 Å². The Labute approximate surface area is 169 Å². The molecule has 29 heavy (non-hydrogen) atoms. The van der Waals surface area contributed by atoms with Crippen molar-refractivity contribution in [2.45, 2.75) is 25.4 Å². The second-order valence-corrected chi connectivity index (χ2v) is 6.87. The van der Waals surface area contributed by atoms with Crippen molar-refractivity contribution in [2.75, 3.05) is 20.6 Å². The molecule has 1 saturated heterocycles. The van der Waals surface area contributed by atoms with Crippen LogP contribution >= 0.6 is 0 Å². The normalized spacial score (nSPS) is 15.9. The molecule has 1 aliphatic heterocycles. The molecule has 0 bridgehead atoms. The number of hydrogen-bond acceptors (Lipinski definition) is 5. The largest absolute Gasteiger partial charge is 0.483 e. The van der Waals surface area contributed by atoms with Gasteiger partial charge in [-0.15, -0.1) is 0 Å². The number of carbonyl (C=O) groups excluding carboxylic acids is 1. The predicted molar refractivity (Wildman–Crippen MR) is 107 cm³/mol. The Morgan fingerprint density at radius 1 is 1.24 bits per heavy atom. The Kier molecular flexibility index (Phi) is 7.85. The summed E-state index contributed by atoms with van der Waals surface area (Å²) in [5.41, 5.74) is 3.15. The van der Waals surface area contributed by atoms with Gasteiger partial charge in [0.15, 0.2) is 0 Å². The fourth-order valence-corrected chi connectivity index (χ4v) is 3.35. The molecule has 1 aliphatic rings. The van der Waals surface area contributed by atoms with Gasteiger partial charge in [-0.2, -0.15) is 0 Å². The number of aliphatic carboxylic acids is 1. The maximum Gasteiger partial charge on any atom is 0.320 e. The summed E-state index contributed by atoms with van der Waals surface area (Å²) in [6, 6.07) is 11.0. The van der Waals surface area contributed by atoms with E-state index in [-0.39, 0.29) is 12.4 Å². The van der Waals surface area contributed by atoms with E-state index in [9.17, 15) is 14.7 Å². The van der Waals surface area contributed by atoms with Crippen molar-refractivity contribution in [1.82, 2.24) is 14.8 Å². The molecule has 2 N–H and O–H groups in total. The number of nitrogens with zero attached hydrogens (tertiary/aromatic N) is 3. The van der Waals surface area contributed by atoms with Crippen LogP contribution in [-0.4, -0.2) is 70.0 Å². The molecule has 1 aromatic carbocycles. The van der Waals surface area contributed by atoms with Gasteiger partial charge in [-0.05, 0) is 37.1 Å². The van der Waals surface area contributed by atoms with Gasteiger partial charge >= 0.3 is 5.97 Å². The van der Waals surface area contributed by atoms with Gasteiger partial charge in [0.05, 0.1) is 11.3 Å². The summed E-state index contributed by atoms with van der Waals surface area (Å²) in [5.74, 6) is -0.835. The zero-order valence-electron chi connectivity index (χ0n) is 16.5. The Bertz CT molecular complexity index is 852. The van der Waals surface area contributed by atoms with Gasteiger partial charge in [0, 0.05) is 32.4 Å². The lowest BCUT2D eigenvalue weighted by Crippen LogP contribution is -2.35. The van der Waals surface area contributed by atoms with Crippen LogP contribution in [0.2, 0.25) is 0 Å². The Morgan fingerprint density at radius 2 is 1.90 bits per heavy atom. The highest BCUT2D eigenvalue weighted by atomic mass is 16.4. The first-order chi connectivity index (χ1) is 13.9. The van der Waals surface area contributed by atoms with E-state index in [0.717, 1.165) is 24.1 Å². The lowest BCUT2D eigenvalue weighted by atomic mass is 10.0. The summed E-state index contributed by atoms with van der Waals surface area (Å²) in [4.78, 5) is 40.0. The van der Waals surface area contributed by atoms with Crippen molar-refractivity contribution < 1.29 is 24.6 Å². The zero-order chi connectivity index (χ0) is 21.4. The van der Waals surface area contributed by atoms with Crippen LogP contribution in [0.1, 0.15) is 28.8 Å². The third kappa shape index (κ3) is 5.61. The smallest absolute Gasteiger partial charge is 0.320 e. The predicted octanol–water partition coefficient (Wildman–Crippen LogP) is 2.20. The van der Waals surface area contributed by atoms with Gasteiger partial charge in [-0.3, -0.25) is 24.3 Å². The van der Waals surface area contributed by atoms with Crippen molar-refractivity contribution in [3.8, 4) is 11.3 Å². The first-order valence-electron chi connectivity index (χ1n) is 9.19. The fourth-order valence-electron chi connectivity index (χ4n) is 3.35. The molecule has 2 heterocycles. The average molecular weight is 399 g/mol. The van der Waals surface area contributed by atoms with Crippen LogP contribution in [0.5, 0.6) is 0 Å². The summed E-state index contributed by atoms with van der Waals surface area (Å²) in [6.07, 6.45) is 3.30. The lowest BCUT2D eigenvalue weighted by Gasteiger charge is -2.21. The van der Waals surface area contributed by atoms with Crippen molar-refractivity contribution in [2.24, 2.45) is 0 Å². The van der Waals surface area contributed by atoms with Gasteiger partial charge in [-0.1, -0.05) is 24.3 Å². The molecule has 0 spiro atoms. The summed E-state index contributed by atoms with van der Waals surface area (Å²) >= 11 is 0. The van der Waals surface area contributed by atoms with E-state index < -0.39 is 12.0 Å². The van der Waals surface area contributed by atoms with Gasteiger partial charge in [0.25, 0.3) is 12.4 Å². The number of hydrogen-bond donors (Lipinski definition) is 2. The summed E-state index contributed by atoms with van der Waals surface area (Å²) < 4.78 is 0. The van der Waals surface area contributed by atoms with Crippen LogP contribution in [0.4, 0.5) is 0 Å². The summed E-state index contributed by atoms with van der Waals surface area (Å²) in [7, 11) is 3.44. The van der Waals surface area contributed by atoms with E-state index in [4.69, 9.17) is 9.90 Å². The molecule has 154 valence electrons. The number of likely N-dealkylation sites (tertiary alicyclic amines) is 1. The molecule has 1 amide bonds. The molecule has 1 aromatic heterocycles. The SMILES string of the molecule is CN(C)C(=O)c1cccnc1-c1ccc(CN2CCC[C@H]2C(=O)O)cc1.O=CO. The van der Waals surface area contributed by atoms with E-state index in [1.807, 2.05) is 29.2 Å². The molecule has 1 atom stereocenters. The number of amides is 1. The number of carbonyl (C=O) groups is 3. The minimum absolute atomic E-state index is 0.0847. The third-order valence-electron chi connectivity index (χ3n) is 4.71. The molecule has 2 aromatic rings. The van der Waals surface area contributed by atoms with E-state index in [1.165, 1.54) is 4.90 Å². The average Bonchev–Trinajstić information content (AvgIpc) is 3.17. The van der Waals surface area contributed by atoms with Crippen molar-refractivity contribution >= 4 is 18.3 Å². The topological polar surface area (TPSA) is 111 Å². The van der Waals surface area contributed by atoms with Gasteiger partial charge in [0.2, 0.25) is 0 Å². The molecule has 0 unspecified atom stereocenters. The maximum absolute atomic E-state index is 12.4. The van der Waals surface area contributed by atoms with Crippen LogP contribution in [0, 0.1) is 0 Å². The molecule has 8 heteroatoms. The fraction of sp³-hybridized carbons (Fsp3) is 0.333. The van der Waals surface area contributed by atoms with E-state index >= 15 is 0 Å². The number of rotatable bonds is 5. The van der Waals surface area contributed by atoms with E-state index in [2.05, 4.69) is 4.98 Å². The Balaban J connectivity index is 0.000000941. The van der Waals surface area contributed by atoms with Crippen molar-refractivity contribution in [3.05, 3.63) is 53.7 Å². The number of pyridine rings is 1. The quantitative estimate of drug-likeness (QED) is 0.742. The Hall–Kier alpha value is -3.26. The highest BCUT2D eigenvalue weighted by Gasteiger charge is 2.30. The second kappa shape index (κ2) is 10.3. The van der Waals surface area contributed by atoms with Gasteiger partial charge < -0.3 is 15.1 Å². The number of aromatic nitrogens is 1. The first-order valence-corrected chi connectivity index (χ1v) is 9.19. The highest BCUT2D eigenvalue weighted by Crippen LogP contribution is 2.24. The molecular weight excluding hydrogens is 374 g/mol. The molecule has 0 saturated carbocycles. The van der Waals surface area contributed by atoms with Crippen LogP contribution in [0.25, 0.3) is 11.3 Å². The molecule has 1 fully saturated rings. The van der Waals surface area contributed by atoms with E-state index in [1.54, 1.807) is 32.4 Å². The zero-order valence-corrected chi connectivity index (χ0v) is 16.5. The van der Waals surface area contributed by atoms with Crippen LogP contribution in [-0.2, 0) is 16.1 Å². The molecule has 0 aliphatic carbocycles. The number of benzene rings is 1. The highest BCUT2D eigenvalue weighted by molar-refractivity contribution is 5.99. The van der Waals surface area contributed by atoms with Gasteiger partial charge in [-0.25, -0.2) is 0 Å². The minimum atomic E-state index is -0.751. The van der Waals surface area contributed by atoms with Crippen molar-refractivity contribution in [1.29, 1.82) is 0 Å². The summed E-state index contributed by atoms with van der Waals surface area (Å²) in [5, 5.41) is 16.2. The number of carboxylic acids is 1. The molecule has 8 nitrogen and oxygen atoms in total. The molecular formula is C21H25N3O5. The van der Waals surface area contributed by atoms with Crippen LogP contribution in [0.3, 0.4) is 0 Å². The Morgan fingerprint density at radius 3 is 2.48 bits per heavy atom. The molecule has 3 rings (SSSR count). The second-order valence-electron chi connectivity index (χ2n) is 6.87. The van der Waals surface area contributed by atoms with Crippen LogP contribution < -0.4 is 0 Å². The standard InChI is InChI=1S/C20H23N3O3.CH2O2/c1-22(2)19(24)16-5-3-11-21-18(16)15-9-7-14(8-10-15)13-23-12-4-6-17(23)20(25)26;2-1-3/h3,5,7-11,17H,4,6,12-13H2,1-2H3,(H,25,26);1H,(H,2,3)/t17-;/m0./s1. The van der Waals surface area contributed by atoms with Crippen molar-refractivity contribution in [3.63, 3.8) is 0 Å². The molecule has 0 radical (unpaired) electrons. The van der Waals surface area contributed by atoms with Gasteiger partial charge in [0.1, 0.15) is 6.04 Å².